The van der Waals surface area contributed by atoms with Crippen LogP contribution in [0, 0.1) is 5.21 Å². The maximum atomic E-state index is 11.5. The smallest absolute Gasteiger partial charge is 0.131 e. The molecule has 5 nitrogen and oxygen atoms in total. The summed E-state index contributed by atoms with van der Waals surface area (Å²) in [6, 6.07) is 8.18. The number of hydrogen-bond donors (Lipinski definition) is 3. The molecule has 0 aliphatic carbocycles. The van der Waals surface area contributed by atoms with Crippen molar-refractivity contribution in [1.82, 2.24) is 5.32 Å². The number of benzene rings is 1. The molecule has 1 atom stereocenters. The minimum atomic E-state index is 0.188. The zero-order chi connectivity index (χ0) is 12.8. The van der Waals surface area contributed by atoms with Crippen molar-refractivity contribution in [3.05, 3.63) is 29.5 Å². The molecule has 5 heteroatoms. The zero-order valence-electron chi connectivity index (χ0n) is 10.7. The standard InChI is InChI=1S/C13H21N3O2/c1-2-16(17)13-5-3-11(4-6-13)14-7-8-15-12-9-18-10-12/h3-6,12,14-16H,2,7-10H2,1H3. The van der Waals surface area contributed by atoms with E-state index in [1.165, 1.54) is 0 Å². The number of hydrogen-bond acceptors (Lipinski definition) is 4. The van der Waals surface area contributed by atoms with Crippen LogP contribution in [0.15, 0.2) is 24.3 Å². The molecule has 0 bridgehead atoms. The number of hydroxylamine groups is 1. The summed E-state index contributed by atoms with van der Waals surface area (Å²) in [5, 5.41) is 18.3. The van der Waals surface area contributed by atoms with Crippen LogP contribution in [0.1, 0.15) is 6.92 Å². The van der Waals surface area contributed by atoms with Gasteiger partial charge in [0.25, 0.3) is 0 Å². The number of ether oxygens (including phenoxy) is 1. The lowest BCUT2D eigenvalue weighted by Gasteiger charge is -2.27. The lowest BCUT2D eigenvalue weighted by Crippen LogP contribution is -3.01. The van der Waals surface area contributed by atoms with E-state index < -0.39 is 0 Å². The van der Waals surface area contributed by atoms with E-state index >= 15 is 0 Å². The molecule has 1 saturated heterocycles. The van der Waals surface area contributed by atoms with Crippen LogP contribution in [0.3, 0.4) is 0 Å². The fourth-order valence-electron chi connectivity index (χ4n) is 1.81. The van der Waals surface area contributed by atoms with Crippen molar-refractivity contribution in [3.63, 3.8) is 0 Å². The van der Waals surface area contributed by atoms with Gasteiger partial charge >= 0.3 is 0 Å². The van der Waals surface area contributed by atoms with E-state index in [1.54, 1.807) is 0 Å². The summed E-state index contributed by atoms with van der Waals surface area (Å²) < 4.78 is 5.08. The van der Waals surface area contributed by atoms with Crippen molar-refractivity contribution in [2.24, 2.45) is 0 Å². The molecule has 3 N–H and O–H groups in total. The van der Waals surface area contributed by atoms with Crippen LogP contribution in [0.25, 0.3) is 0 Å². The van der Waals surface area contributed by atoms with Crippen LogP contribution in [0.2, 0.25) is 0 Å². The molecule has 100 valence electrons. The molecule has 1 heterocycles. The Morgan fingerprint density at radius 3 is 2.56 bits per heavy atom. The molecule has 1 fully saturated rings. The van der Waals surface area contributed by atoms with Gasteiger partial charge in [0.1, 0.15) is 5.69 Å². The van der Waals surface area contributed by atoms with Gasteiger partial charge in [-0.05, 0) is 19.1 Å². The first-order chi connectivity index (χ1) is 8.79. The third-order valence-corrected chi connectivity index (χ3v) is 3.05. The lowest BCUT2D eigenvalue weighted by atomic mass is 10.2. The molecule has 0 radical (unpaired) electrons. The Morgan fingerprint density at radius 2 is 2.00 bits per heavy atom. The van der Waals surface area contributed by atoms with Gasteiger partial charge in [0.15, 0.2) is 0 Å². The lowest BCUT2D eigenvalue weighted by molar-refractivity contribution is -0.773. The third kappa shape index (κ3) is 3.68. The van der Waals surface area contributed by atoms with Gasteiger partial charge in [-0.1, -0.05) is 0 Å². The van der Waals surface area contributed by atoms with Crippen LogP contribution in [-0.2, 0) is 4.74 Å². The average Bonchev–Trinajstić information content (AvgIpc) is 2.36. The SMILES string of the molecule is CC[NH+]([O-])c1ccc(NCCNC2COC2)cc1. The van der Waals surface area contributed by atoms with Crippen LogP contribution in [-0.4, -0.2) is 38.9 Å². The Labute approximate surface area is 108 Å². The van der Waals surface area contributed by atoms with Crippen LogP contribution < -0.4 is 15.7 Å². The molecule has 0 amide bonds. The van der Waals surface area contributed by atoms with Gasteiger partial charge < -0.3 is 25.6 Å². The van der Waals surface area contributed by atoms with E-state index in [4.69, 9.17) is 4.74 Å². The summed E-state index contributed by atoms with van der Waals surface area (Å²) in [7, 11) is 0. The molecular weight excluding hydrogens is 230 g/mol. The van der Waals surface area contributed by atoms with Crippen molar-refractivity contribution >= 4 is 11.4 Å². The van der Waals surface area contributed by atoms with E-state index in [9.17, 15) is 5.21 Å². The highest BCUT2D eigenvalue weighted by atomic mass is 16.5. The maximum Gasteiger partial charge on any atom is 0.131 e. The van der Waals surface area contributed by atoms with Gasteiger partial charge in [-0.25, -0.2) is 0 Å². The number of nitrogens with one attached hydrogen (secondary N) is 3. The second kappa shape index (κ2) is 6.70. The first-order valence-electron chi connectivity index (χ1n) is 6.48. The number of anilines is 1. The van der Waals surface area contributed by atoms with Crippen molar-refractivity contribution < 1.29 is 9.80 Å². The second-order valence-corrected chi connectivity index (χ2v) is 4.47. The van der Waals surface area contributed by atoms with Gasteiger partial charge in [0, 0.05) is 30.9 Å². The van der Waals surface area contributed by atoms with Crippen molar-refractivity contribution in [3.8, 4) is 0 Å². The highest BCUT2D eigenvalue weighted by Gasteiger charge is 2.16. The van der Waals surface area contributed by atoms with E-state index in [1.807, 2.05) is 31.2 Å². The fourth-order valence-corrected chi connectivity index (χ4v) is 1.81. The predicted molar refractivity (Wildman–Crippen MR) is 72.1 cm³/mol. The van der Waals surface area contributed by atoms with Gasteiger partial charge in [0.2, 0.25) is 0 Å². The Balaban J connectivity index is 1.68. The second-order valence-electron chi connectivity index (χ2n) is 4.47. The zero-order valence-corrected chi connectivity index (χ0v) is 10.7. The molecule has 18 heavy (non-hydrogen) atoms. The van der Waals surface area contributed by atoms with Crippen LogP contribution in [0.5, 0.6) is 0 Å². The number of rotatable bonds is 7. The average molecular weight is 251 g/mol. The Kier molecular flexibility index (Phi) is 4.95. The van der Waals surface area contributed by atoms with Gasteiger partial charge in [-0.15, -0.1) is 0 Å². The summed E-state index contributed by atoms with van der Waals surface area (Å²) >= 11 is 0. The van der Waals surface area contributed by atoms with Crippen LogP contribution >= 0.6 is 0 Å². The summed E-state index contributed by atoms with van der Waals surface area (Å²) in [5.41, 5.74) is 1.84. The van der Waals surface area contributed by atoms with Crippen LogP contribution in [0.4, 0.5) is 11.4 Å². The Morgan fingerprint density at radius 1 is 1.28 bits per heavy atom. The molecule has 1 aliphatic heterocycles. The monoisotopic (exact) mass is 251 g/mol. The molecular formula is C13H21N3O2. The predicted octanol–water partition coefficient (Wildman–Crippen LogP) is 0.121. The summed E-state index contributed by atoms with van der Waals surface area (Å²) in [5.74, 6) is 0. The highest BCUT2D eigenvalue weighted by molar-refractivity contribution is 5.48. The van der Waals surface area contributed by atoms with Gasteiger partial charge in [-0.3, -0.25) is 0 Å². The molecule has 0 spiro atoms. The molecule has 1 aliphatic rings. The largest absolute Gasteiger partial charge is 0.629 e. The van der Waals surface area contributed by atoms with E-state index in [0.29, 0.717) is 12.6 Å². The minimum Gasteiger partial charge on any atom is -0.629 e. The Hall–Kier alpha value is -1.14. The molecule has 1 aromatic carbocycles. The molecule has 1 aromatic rings. The minimum absolute atomic E-state index is 0.188. The third-order valence-electron chi connectivity index (χ3n) is 3.05. The maximum absolute atomic E-state index is 11.5. The van der Waals surface area contributed by atoms with Gasteiger partial charge in [-0.2, -0.15) is 0 Å². The van der Waals surface area contributed by atoms with Crippen molar-refractivity contribution in [2.75, 3.05) is 38.2 Å². The molecule has 0 aromatic heterocycles. The van der Waals surface area contributed by atoms with Crippen molar-refractivity contribution in [2.45, 2.75) is 13.0 Å². The normalized spacial score (nSPS) is 17.2. The first kappa shape index (κ1) is 13.3. The summed E-state index contributed by atoms with van der Waals surface area (Å²) in [4.78, 5) is 0. The molecule has 2 rings (SSSR count). The number of quaternary nitrogens is 1. The highest BCUT2D eigenvalue weighted by Crippen LogP contribution is 2.09. The quantitative estimate of drug-likeness (QED) is 0.476. The summed E-state index contributed by atoms with van der Waals surface area (Å²) in [6.07, 6.45) is 0. The first-order valence-corrected chi connectivity index (χ1v) is 6.48. The van der Waals surface area contributed by atoms with E-state index in [-0.39, 0.29) is 5.06 Å². The van der Waals surface area contributed by atoms with Crippen molar-refractivity contribution in [1.29, 1.82) is 0 Å². The molecule has 0 saturated carbocycles. The summed E-state index contributed by atoms with van der Waals surface area (Å²) in [6.45, 7) is 5.88. The van der Waals surface area contributed by atoms with E-state index in [0.717, 1.165) is 37.7 Å². The topological polar surface area (TPSA) is 60.8 Å². The van der Waals surface area contributed by atoms with Gasteiger partial charge in [0.05, 0.1) is 25.8 Å². The van der Waals surface area contributed by atoms with E-state index in [2.05, 4.69) is 10.6 Å². The molecule has 1 unspecified atom stereocenters. The fraction of sp³-hybridized carbons (Fsp3) is 0.538. The Bertz CT molecular complexity index is 352.